The van der Waals surface area contributed by atoms with E-state index < -0.39 is 6.04 Å². The van der Waals surface area contributed by atoms with Crippen molar-refractivity contribution in [3.8, 4) is 0 Å². The zero-order chi connectivity index (χ0) is 16.2. The molecule has 4 N–H and O–H groups in total. The number of carbonyl (C=O) groups excluding carboxylic acids is 1. The van der Waals surface area contributed by atoms with Crippen LogP contribution in [0.3, 0.4) is 0 Å². The number of para-hydroxylation sites is 1. The molecule has 1 unspecified atom stereocenters. The molecule has 1 aliphatic rings. The highest BCUT2D eigenvalue weighted by Crippen LogP contribution is 2.26. The van der Waals surface area contributed by atoms with Gasteiger partial charge in [-0.3, -0.25) is 4.79 Å². The number of aromatic nitrogens is 1. The Bertz CT molecular complexity index is 657. The summed E-state index contributed by atoms with van der Waals surface area (Å²) in [5.41, 5.74) is 8.35. The second kappa shape index (κ2) is 7.18. The van der Waals surface area contributed by atoms with Crippen LogP contribution < -0.4 is 11.1 Å². The second-order valence-electron chi connectivity index (χ2n) is 6.87. The summed E-state index contributed by atoms with van der Waals surface area (Å²) in [6, 6.07) is 7.83. The van der Waals surface area contributed by atoms with E-state index in [1.54, 1.807) is 0 Å². The van der Waals surface area contributed by atoms with E-state index in [2.05, 4.69) is 23.3 Å². The van der Waals surface area contributed by atoms with E-state index in [1.807, 2.05) is 24.4 Å². The van der Waals surface area contributed by atoms with Gasteiger partial charge in [0.15, 0.2) is 0 Å². The highest BCUT2D eigenvalue weighted by atomic mass is 16.2. The molecule has 1 amide bonds. The van der Waals surface area contributed by atoms with E-state index in [0.717, 1.165) is 16.5 Å². The maximum atomic E-state index is 12.4. The Morgan fingerprint density at radius 3 is 2.83 bits per heavy atom. The van der Waals surface area contributed by atoms with Crippen LogP contribution in [0, 0.1) is 5.92 Å². The normalized spacial score (nSPS) is 18.7. The molecule has 4 heteroatoms. The van der Waals surface area contributed by atoms with Crippen molar-refractivity contribution in [2.24, 2.45) is 11.7 Å². The molecule has 1 heterocycles. The molecule has 2 atom stereocenters. The molecule has 0 spiro atoms. The summed E-state index contributed by atoms with van der Waals surface area (Å²) in [4.78, 5) is 15.6. The number of fused-ring (bicyclic) bond motifs is 1. The van der Waals surface area contributed by atoms with Crippen molar-refractivity contribution in [1.29, 1.82) is 0 Å². The largest absolute Gasteiger partial charge is 0.361 e. The Morgan fingerprint density at radius 2 is 2.04 bits per heavy atom. The van der Waals surface area contributed by atoms with E-state index in [0.29, 0.717) is 12.3 Å². The third kappa shape index (κ3) is 3.75. The average Bonchev–Trinajstić information content (AvgIpc) is 2.98. The van der Waals surface area contributed by atoms with Crippen LogP contribution in [0.5, 0.6) is 0 Å². The number of hydrogen-bond donors (Lipinski definition) is 3. The molecule has 1 aromatic carbocycles. The van der Waals surface area contributed by atoms with Crippen LogP contribution in [0.15, 0.2) is 30.5 Å². The molecule has 4 nitrogen and oxygen atoms in total. The predicted molar refractivity (Wildman–Crippen MR) is 94.2 cm³/mol. The quantitative estimate of drug-likeness (QED) is 0.793. The van der Waals surface area contributed by atoms with Crippen LogP contribution in [0.2, 0.25) is 0 Å². The summed E-state index contributed by atoms with van der Waals surface area (Å²) < 4.78 is 0. The Kier molecular flexibility index (Phi) is 5.01. The molecule has 23 heavy (non-hydrogen) atoms. The number of rotatable bonds is 5. The Labute approximate surface area is 137 Å². The third-order valence-corrected chi connectivity index (χ3v) is 5.18. The number of nitrogens with one attached hydrogen (secondary N) is 2. The van der Waals surface area contributed by atoms with Crippen LogP contribution in [-0.2, 0) is 11.2 Å². The molecule has 124 valence electrons. The maximum Gasteiger partial charge on any atom is 0.237 e. The number of amides is 1. The molecule has 2 aromatic rings. The van der Waals surface area contributed by atoms with E-state index in [1.165, 1.54) is 32.1 Å². The number of carbonyl (C=O) groups is 1. The van der Waals surface area contributed by atoms with Gasteiger partial charge < -0.3 is 16.0 Å². The lowest BCUT2D eigenvalue weighted by molar-refractivity contribution is -0.123. The molecule has 0 saturated heterocycles. The highest BCUT2D eigenvalue weighted by Gasteiger charge is 2.24. The first-order valence-corrected chi connectivity index (χ1v) is 8.76. The number of H-pyrrole nitrogens is 1. The molecular formula is C19H27N3O. The molecule has 0 bridgehead atoms. The first-order valence-electron chi connectivity index (χ1n) is 8.76. The van der Waals surface area contributed by atoms with Gasteiger partial charge in [0.05, 0.1) is 6.04 Å². The smallest absolute Gasteiger partial charge is 0.237 e. The zero-order valence-electron chi connectivity index (χ0n) is 13.8. The SMILES string of the molecule is CC(NC(=O)[C@@H](N)Cc1c[nH]c2ccccc12)C1CCCCC1. The van der Waals surface area contributed by atoms with E-state index in [4.69, 9.17) is 5.73 Å². The van der Waals surface area contributed by atoms with Gasteiger partial charge in [0.2, 0.25) is 5.91 Å². The van der Waals surface area contributed by atoms with Crippen molar-refractivity contribution < 1.29 is 4.79 Å². The van der Waals surface area contributed by atoms with Crippen molar-refractivity contribution in [3.63, 3.8) is 0 Å². The van der Waals surface area contributed by atoms with Crippen LogP contribution in [0.25, 0.3) is 10.9 Å². The van der Waals surface area contributed by atoms with Gasteiger partial charge in [-0.05, 0) is 43.7 Å². The lowest BCUT2D eigenvalue weighted by Crippen LogP contribution is -2.48. The minimum absolute atomic E-state index is 0.0339. The van der Waals surface area contributed by atoms with Crippen molar-refractivity contribution in [2.75, 3.05) is 0 Å². The number of aromatic amines is 1. The van der Waals surface area contributed by atoms with Crippen LogP contribution >= 0.6 is 0 Å². The summed E-state index contributed by atoms with van der Waals surface area (Å²) in [6.45, 7) is 2.12. The van der Waals surface area contributed by atoms with Gasteiger partial charge in [0.1, 0.15) is 0 Å². The van der Waals surface area contributed by atoms with Gasteiger partial charge in [-0.2, -0.15) is 0 Å². The van der Waals surface area contributed by atoms with Crippen molar-refractivity contribution >= 4 is 16.8 Å². The van der Waals surface area contributed by atoms with E-state index in [9.17, 15) is 4.79 Å². The summed E-state index contributed by atoms with van der Waals surface area (Å²) in [6.07, 6.45) is 8.86. The maximum absolute atomic E-state index is 12.4. The van der Waals surface area contributed by atoms with Gasteiger partial charge in [-0.15, -0.1) is 0 Å². The lowest BCUT2D eigenvalue weighted by Gasteiger charge is -2.29. The first kappa shape index (κ1) is 16.1. The molecular weight excluding hydrogens is 286 g/mol. The van der Waals surface area contributed by atoms with Gasteiger partial charge in [0.25, 0.3) is 0 Å². The molecule has 1 aliphatic carbocycles. The van der Waals surface area contributed by atoms with Gasteiger partial charge in [-0.1, -0.05) is 37.5 Å². The van der Waals surface area contributed by atoms with E-state index >= 15 is 0 Å². The summed E-state index contributed by atoms with van der Waals surface area (Å²) in [5, 5.41) is 4.28. The van der Waals surface area contributed by atoms with Gasteiger partial charge >= 0.3 is 0 Å². The summed E-state index contributed by atoms with van der Waals surface area (Å²) in [5.74, 6) is 0.571. The molecule has 1 saturated carbocycles. The average molecular weight is 313 g/mol. The number of nitrogens with two attached hydrogens (primary N) is 1. The summed E-state index contributed by atoms with van der Waals surface area (Å²) in [7, 11) is 0. The standard InChI is InChI=1S/C19H27N3O/c1-13(14-7-3-2-4-8-14)22-19(23)17(20)11-15-12-21-18-10-6-5-9-16(15)18/h5-6,9-10,12-14,17,21H,2-4,7-8,11,20H2,1H3,(H,22,23)/t13?,17-/m0/s1. The third-order valence-electron chi connectivity index (χ3n) is 5.18. The monoisotopic (exact) mass is 313 g/mol. The van der Waals surface area contributed by atoms with E-state index in [-0.39, 0.29) is 11.9 Å². The number of hydrogen-bond acceptors (Lipinski definition) is 2. The molecule has 0 radical (unpaired) electrons. The molecule has 1 aromatic heterocycles. The zero-order valence-corrected chi connectivity index (χ0v) is 13.8. The minimum Gasteiger partial charge on any atom is -0.361 e. The van der Waals surface area contributed by atoms with Gasteiger partial charge in [-0.25, -0.2) is 0 Å². The van der Waals surface area contributed by atoms with Gasteiger partial charge in [0, 0.05) is 23.1 Å². The fourth-order valence-electron chi connectivity index (χ4n) is 3.71. The van der Waals surface area contributed by atoms with Crippen molar-refractivity contribution in [3.05, 3.63) is 36.0 Å². The fourth-order valence-corrected chi connectivity index (χ4v) is 3.71. The van der Waals surface area contributed by atoms with Crippen LogP contribution in [0.4, 0.5) is 0 Å². The second-order valence-corrected chi connectivity index (χ2v) is 6.87. The first-order chi connectivity index (χ1) is 11.1. The Balaban J connectivity index is 1.59. The fraction of sp³-hybridized carbons (Fsp3) is 0.526. The Morgan fingerprint density at radius 1 is 1.30 bits per heavy atom. The lowest BCUT2D eigenvalue weighted by atomic mass is 9.84. The summed E-state index contributed by atoms with van der Waals surface area (Å²) >= 11 is 0. The molecule has 0 aliphatic heterocycles. The van der Waals surface area contributed by atoms with Crippen LogP contribution in [0.1, 0.15) is 44.6 Å². The Hall–Kier alpha value is -1.81. The molecule has 1 fully saturated rings. The topological polar surface area (TPSA) is 70.9 Å². The number of benzene rings is 1. The van der Waals surface area contributed by atoms with Crippen molar-refractivity contribution in [1.82, 2.24) is 10.3 Å². The van der Waals surface area contributed by atoms with Crippen molar-refractivity contribution in [2.45, 2.75) is 57.5 Å². The minimum atomic E-state index is -0.500. The van der Waals surface area contributed by atoms with Crippen LogP contribution in [-0.4, -0.2) is 23.0 Å². The predicted octanol–water partition coefficient (Wildman–Crippen LogP) is 3.12. The molecule has 3 rings (SSSR count). The highest BCUT2D eigenvalue weighted by molar-refractivity contribution is 5.86.